The molecule has 1 aromatic carbocycles. The lowest BCUT2D eigenvalue weighted by molar-refractivity contribution is -0.160. The SMILES string of the molecule is Cc1ccc(COc2ccc(-c3cnc(C)c(C(OC(C)(C)C)C(=O)O)c3N3CCC(C)(C)CC3)nc2)cc1. The van der Waals surface area contributed by atoms with Crippen LogP contribution in [0.25, 0.3) is 11.3 Å². The van der Waals surface area contributed by atoms with Gasteiger partial charge >= 0.3 is 5.97 Å². The van der Waals surface area contributed by atoms with Gasteiger partial charge in [0.05, 0.1) is 23.2 Å². The Balaban J connectivity index is 1.72. The molecule has 2 aromatic heterocycles. The van der Waals surface area contributed by atoms with E-state index < -0.39 is 17.7 Å². The van der Waals surface area contributed by atoms with E-state index in [0.717, 1.165) is 42.7 Å². The summed E-state index contributed by atoms with van der Waals surface area (Å²) in [6.07, 6.45) is 4.37. The summed E-state index contributed by atoms with van der Waals surface area (Å²) in [4.78, 5) is 24.2. The van der Waals surface area contributed by atoms with Crippen molar-refractivity contribution in [2.45, 2.75) is 79.6 Å². The van der Waals surface area contributed by atoms with Gasteiger partial charge in [0.2, 0.25) is 0 Å². The number of hydrogen-bond acceptors (Lipinski definition) is 6. The summed E-state index contributed by atoms with van der Waals surface area (Å²) in [6, 6.07) is 12.1. The van der Waals surface area contributed by atoms with Crippen molar-refractivity contribution >= 4 is 11.7 Å². The van der Waals surface area contributed by atoms with E-state index >= 15 is 0 Å². The number of aliphatic carboxylic acids is 1. The average molecular weight is 532 g/mol. The van der Waals surface area contributed by atoms with Crippen LogP contribution in [0.15, 0.2) is 48.8 Å². The lowest BCUT2D eigenvalue weighted by Gasteiger charge is -2.40. The molecule has 1 unspecified atom stereocenters. The highest BCUT2D eigenvalue weighted by Crippen LogP contribution is 2.43. The zero-order valence-corrected chi connectivity index (χ0v) is 24.2. The first kappa shape index (κ1) is 28.6. The van der Waals surface area contributed by atoms with Gasteiger partial charge in [-0.05, 0) is 70.6 Å². The summed E-state index contributed by atoms with van der Waals surface area (Å²) in [5.74, 6) is -0.362. The number of hydrogen-bond donors (Lipinski definition) is 1. The van der Waals surface area contributed by atoms with Gasteiger partial charge in [0.15, 0.2) is 6.10 Å². The fourth-order valence-electron chi connectivity index (χ4n) is 4.85. The third-order valence-corrected chi connectivity index (χ3v) is 7.22. The predicted octanol–water partition coefficient (Wildman–Crippen LogP) is 6.91. The van der Waals surface area contributed by atoms with E-state index in [1.807, 2.05) is 39.8 Å². The van der Waals surface area contributed by atoms with Crippen LogP contribution < -0.4 is 9.64 Å². The number of carboxylic acid groups (broad SMARTS) is 1. The van der Waals surface area contributed by atoms with Crippen LogP contribution >= 0.6 is 0 Å². The first-order valence-electron chi connectivity index (χ1n) is 13.6. The molecular weight excluding hydrogens is 490 g/mol. The average Bonchev–Trinajstić information content (AvgIpc) is 2.87. The van der Waals surface area contributed by atoms with Crippen molar-refractivity contribution in [1.29, 1.82) is 0 Å². The Labute approximate surface area is 232 Å². The molecule has 0 saturated carbocycles. The van der Waals surface area contributed by atoms with Crippen molar-refractivity contribution in [3.63, 3.8) is 0 Å². The number of piperidine rings is 1. The number of benzene rings is 1. The van der Waals surface area contributed by atoms with Crippen molar-refractivity contribution in [3.05, 3.63) is 71.2 Å². The number of ether oxygens (including phenoxy) is 2. The van der Waals surface area contributed by atoms with Crippen LogP contribution in [0.5, 0.6) is 5.75 Å². The molecule has 0 radical (unpaired) electrons. The number of aromatic nitrogens is 2. The van der Waals surface area contributed by atoms with Crippen molar-refractivity contribution < 1.29 is 19.4 Å². The van der Waals surface area contributed by atoms with Crippen molar-refractivity contribution in [1.82, 2.24) is 9.97 Å². The monoisotopic (exact) mass is 531 g/mol. The van der Waals surface area contributed by atoms with Crippen LogP contribution in [0.3, 0.4) is 0 Å². The topological polar surface area (TPSA) is 84.8 Å². The second-order valence-corrected chi connectivity index (χ2v) is 12.3. The fourth-order valence-corrected chi connectivity index (χ4v) is 4.85. The lowest BCUT2D eigenvalue weighted by Crippen LogP contribution is -2.39. The van der Waals surface area contributed by atoms with Crippen LogP contribution in [0.1, 0.15) is 75.9 Å². The largest absolute Gasteiger partial charge is 0.487 e. The number of aryl methyl sites for hydroxylation is 2. The van der Waals surface area contributed by atoms with Gasteiger partial charge in [-0.3, -0.25) is 9.97 Å². The molecule has 1 fully saturated rings. The van der Waals surface area contributed by atoms with Gasteiger partial charge in [-0.2, -0.15) is 0 Å². The maximum atomic E-state index is 12.6. The molecule has 1 N–H and O–H groups in total. The number of carbonyl (C=O) groups is 1. The van der Waals surface area contributed by atoms with Crippen molar-refractivity contribution in [2.24, 2.45) is 5.41 Å². The molecule has 1 aliphatic rings. The summed E-state index contributed by atoms with van der Waals surface area (Å²) in [5.41, 5.74) is 5.48. The third-order valence-electron chi connectivity index (χ3n) is 7.22. The van der Waals surface area contributed by atoms with Gasteiger partial charge in [-0.1, -0.05) is 43.7 Å². The second-order valence-electron chi connectivity index (χ2n) is 12.3. The van der Waals surface area contributed by atoms with E-state index in [1.54, 1.807) is 12.4 Å². The van der Waals surface area contributed by atoms with Crippen molar-refractivity contribution in [2.75, 3.05) is 18.0 Å². The molecule has 0 spiro atoms. The van der Waals surface area contributed by atoms with Gasteiger partial charge in [-0.15, -0.1) is 0 Å². The van der Waals surface area contributed by atoms with Gasteiger partial charge in [0.25, 0.3) is 0 Å². The lowest BCUT2D eigenvalue weighted by atomic mass is 9.82. The summed E-state index contributed by atoms with van der Waals surface area (Å²) in [5, 5.41) is 10.3. The zero-order valence-electron chi connectivity index (χ0n) is 24.2. The van der Waals surface area contributed by atoms with Crippen LogP contribution in [0.4, 0.5) is 5.69 Å². The molecule has 1 aliphatic heterocycles. The van der Waals surface area contributed by atoms with Crippen LogP contribution in [0.2, 0.25) is 0 Å². The minimum absolute atomic E-state index is 0.238. The molecule has 0 amide bonds. The van der Waals surface area contributed by atoms with E-state index in [2.05, 4.69) is 54.9 Å². The maximum absolute atomic E-state index is 12.6. The molecule has 7 heteroatoms. The van der Waals surface area contributed by atoms with Crippen LogP contribution in [-0.2, 0) is 16.1 Å². The molecule has 3 aromatic rings. The Hall–Kier alpha value is -3.45. The highest BCUT2D eigenvalue weighted by atomic mass is 16.5. The molecular formula is C32H41N3O4. The molecule has 0 aliphatic carbocycles. The first-order valence-corrected chi connectivity index (χ1v) is 13.6. The van der Waals surface area contributed by atoms with E-state index in [1.165, 1.54) is 5.56 Å². The van der Waals surface area contributed by atoms with Gasteiger partial charge < -0.3 is 19.5 Å². The fraction of sp³-hybridized carbons (Fsp3) is 0.469. The van der Waals surface area contributed by atoms with Crippen LogP contribution in [0, 0.1) is 19.3 Å². The van der Waals surface area contributed by atoms with E-state index in [4.69, 9.17) is 14.5 Å². The minimum Gasteiger partial charge on any atom is -0.487 e. The van der Waals surface area contributed by atoms with Crippen molar-refractivity contribution in [3.8, 4) is 17.0 Å². The summed E-state index contributed by atoms with van der Waals surface area (Å²) in [7, 11) is 0. The molecule has 7 nitrogen and oxygen atoms in total. The van der Waals surface area contributed by atoms with Gasteiger partial charge in [0.1, 0.15) is 12.4 Å². The Kier molecular flexibility index (Phi) is 8.31. The first-order chi connectivity index (χ1) is 18.3. The second kappa shape index (κ2) is 11.3. The Morgan fingerprint density at radius 3 is 2.26 bits per heavy atom. The van der Waals surface area contributed by atoms with Gasteiger partial charge in [0, 0.05) is 36.1 Å². The summed E-state index contributed by atoms with van der Waals surface area (Å²) >= 11 is 0. The molecule has 4 rings (SSSR count). The number of pyridine rings is 2. The Morgan fingerprint density at radius 1 is 1.03 bits per heavy atom. The number of rotatable bonds is 8. The molecule has 0 bridgehead atoms. The molecule has 1 atom stereocenters. The third kappa shape index (κ3) is 7.15. The quantitative estimate of drug-likeness (QED) is 0.338. The molecule has 208 valence electrons. The van der Waals surface area contributed by atoms with E-state index in [9.17, 15) is 9.90 Å². The Morgan fingerprint density at radius 2 is 1.69 bits per heavy atom. The highest BCUT2D eigenvalue weighted by molar-refractivity contribution is 5.85. The molecule has 3 heterocycles. The zero-order chi connectivity index (χ0) is 28.4. The smallest absolute Gasteiger partial charge is 0.337 e. The number of nitrogens with zero attached hydrogens (tertiary/aromatic N) is 3. The minimum atomic E-state index is -1.15. The normalized spacial score (nSPS) is 16.1. The standard InChI is InChI=1S/C32H41N3O4/c1-21-8-10-23(11-9-21)20-38-24-12-13-26(34-18-24)25-19-33-22(2)27(29(30(36)37)39-31(3,4)5)28(25)35-16-14-32(6,7)15-17-35/h8-13,18-19,29H,14-17,20H2,1-7H3,(H,36,37). The number of carboxylic acids is 1. The summed E-state index contributed by atoms with van der Waals surface area (Å²) in [6.45, 7) is 16.2. The van der Waals surface area contributed by atoms with E-state index in [-0.39, 0.29) is 5.41 Å². The van der Waals surface area contributed by atoms with E-state index in [0.29, 0.717) is 29.3 Å². The number of anilines is 1. The molecule has 1 saturated heterocycles. The summed E-state index contributed by atoms with van der Waals surface area (Å²) < 4.78 is 12.1. The Bertz CT molecular complexity index is 1280. The highest BCUT2D eigenvalue weighted by Gasteiger charge is 2.36. The predicted molar refractivity (Wildman–Crippen MR) is 154 cm³/mol. The molecule has 39 heavy (non-hydrogen) atoms. The van der Waals surface area contributed by atoms with Crippen LogP contribution in [-0.4, -0.2) is 39.7 Å². The van der Waals surface area contributed by atoms with Gasteiger partial charge in [-0.25, -0.2) is 4.79 Å². The maximum Gasteiger partial charge on any atom is 0.337 e.